The van der Waals surface area contributed by atoms with Crippen molar-refractivity contribution in [1.29, 1.82) is 0 Å². The van der Waals surface area contributed by atoms with Gasteiger partial charge >= 0.3 is 0 Å². The van der Waals surface area contributed by atoms with Crippen molar-refractivity contribution >= 4 is 21.4 Å². The van der Waals surface area contributed by atoms with E-state index in [0.29, 0.717) is 12.3 Å². The third-order valence-electron chi connectivity index (χ3n) is 2.73. The van der Waals surface area contributed by atoms with Crippen molar-refractivity contribution in [2.75, 3.05) is 13.7 Å². The molecule has 0 aliphatic carbocycles. The maximum absolute atomic E-state index is 12.2. The van der Waals surface area contributed by atoms with Gasteiger partial charge in [0.1, 0.15) is 4.21 Å². The van der Waals surface area contributed by atoms with E-state index in [2.05, 4.69) is 9.71 Å². The van der Waals surface area contributed by atoms with E-state index in [4.69, 9.17) is 9.84 Å². The number of sulfonamides is 1. The number of hydrogen-bond donors (Lipinski definition) is 2. The number of ether oxygens (including phenoxy) is 1. The first-order valence-corrected chi connectivity index (χ1v) is 8.53. The van der Waals surface area contributed by atoms with Crippen LogP contribution < -0.4 is 9.46 Å². The Bertz CT molecular complexity index is 698. The quantitative estimate of drug-likeness (QED) is 0.796. The fourth-order valence-electron chi connectivity index (χ4n) is 1.67. The largest absolute Gasteiger partial charge is 0.481 e. The van der Waals surface area contributed by atoms with E-state index in [0.717, 1.165) is 21.8 Å². The van der Waals surface area contributed by atoms with Crippen molar-refractivity contribution in [2.24, 2.45) is 0 Å². The van der Waals surface area contributed by atoms with Gasteiger partial charge in [0, 0.05) is 36.7 Å². The van der Waals surface area contributed by atoms with Gasteiger partial charge in [0.25, 0.3) is 0 Å². The molecule has 0 aromatic carbocycles. The minimum absolute atomic E-state index is 0.00421. The molecule has 0 saturated carbocycles. The van der Waals surface area contributed by atoms with Crippen LogP contribution in [0.25, 0.3) is 0 Å². The number of aliphatic hydroxyl groups is 1. The summed E-state index contributed by atoms with van der Waals surface area (Å²) in [6, 6.07) is 6.65. The van der Waals surface area contributed by atoms with Gasteiger partial charge in [-0.3, -0.25) is 0 Å². The summed E-state index contributed by atoms with van der Waals surface area (Å²) in [5, 5.41) is 8.86. The molecule has 0 saturated heterocycles. The molecule has 0 spiro atoms. The summed E-state index contributed by atoms with van der Waals surface area (Å²) in [6.45, 7) is 0.165. The van der Waals surface area contributed by atoms with Crippen LogP contribution >= 0.6 is 11.3 Å². The fraction of sp³-hybridized carbons (Fsp3) is 0.308. The van der Waals surface area contributed by atoms with E-state index in [1.807, 2.05) is 0 Å². The highest BCUT2D eigenvalue weighted by Crippen LogP contribution is 2.22. The molecule has 8 heteroatoms. The minimum Gasteiger partial charge on any atom is -0.481 e. The second-order valence-corrected chi connectivity index (χ2v) is 7.39. The van der Waals surface area contributed by atoms with E-state index in [1.54, 1.807) is 30.5 Å². The SMILES string of the molecule is COc1cc(CNS(=O)(=O)c2ccc(CCO)s2)ccn1. The lowest BCUT2D eigenvalue weighted by atomic mass is 10.3. The molecule has 0 radical (unpaired) electrons. The number of pyridine rings is 1. The molecule has 114 valence electrons. The van der Waals surface area contributed by atoms with Crippen molar-refractivity contribution in [3.05, 3.63) is 40.9 Å². The molecule has 2 N–H and O–H groups in total. The number of aliphatic hydroxyl groups excluding tert-OH is 1. The van der Waals surface area contributed by atoms with Gasteiger partial charge in [0.15, 0.2) is 0 Å². The van der Waals surface area contributed by atoms with Gasteiger partial charge in [0.2, 0.25) is 15.9 Å². The average Bonchev–Trinajstić information content (AvgIpc) is 2.95. The molecular formula is C13H16N2O4S2. The van der Waals surface area contributed by atoms with Gasteiger partial charge < -0.3 is 9.84 Å². The molecule has 2 aromatic heterocycles. The molecule has 0 unspecified atom stereocenters. The Morgan fingerprint density at radius 2 is 2.19 bits per heavy atom. The van der Waals surface area contributed by atoms with Gasteiger partial charge in [-0.05, 0) is 23.8 Å². The molecule has 0 aliphatic rings. The minimum atomic E-state index is -3.55. The molecule has 2 heterocycles. The highest BCUT2D eigenvalue weighted by atomic mass is 32.2. The first-order chi connectivity index (χ1) is 10.0. The highest BCUT2D eigenvalue weighted by Gasteiger charge is 2.16. The molecule has 2 rings (SSSR count). The normalized spacial score (nSPS) is 11.5. The Hall–Kier alpha value is -1.48. The van der Waals surface area contributed by atoms with Gasteiger partial charge in [-0.25, -0.2) is 18.1 Å². The zero-order valence-electron chi connectivity index (χ0n) is 11.4. The molecule has 0 amide bonds. The summed E-state index contributed by atoms with van der Waals surface area (Å²) < 4.78 is 32.1. The number of methoxy groups -OCH3 is 1. The van der Waals surface area contributed by atoms with Crippen LogP contribution in [0, 0.1) is 0 Å². The van der Waals surface area contributed by atoms with Crippen LogP contribution in [-0.2, 0) is 23.0 Å². The van der Waals surface area contributed by atoms with Crippen LogP contribution in [0.3, 0.4) is 0 Å². The third-order valence-corrected chi connectivity index (χ3v) is 5.77. The maximum atomic E-state index is 12.2. The van der Waals surface area contributed by atoms with Crippen molar-refractivity contribution < 1.29 is 18.3 Å². The summed E-state index contributed by atoms with van der Waals surface area (Å²) in [6.07, 6.45) is 2.02. The molecule has 21 heavy (non-hydrogen) atoms. The lowest BCUT2D eigenvalue weighted by Crippen LogP contribution is -2.22. The van der Waals surface area contributed by atoms with E-state index < -0.39 is 10.0 Å². The number of hydrogen-bond acceptors (Lipinski definition) is 6. The predicted molar refractivity (Wildman–Crippen MR) is 79.9 cm³/mol. The zero-order chi connectivity index (χ0) is 15.3. The molecule has 0 fully saturated rings. The summed E-state index contributed by atoms with van der Waals surface area (Å²) in [5.74, 6) is 0.438. The lowest BCUT2D eigenvalue weighted by Gasteiger charge is -2.06. The Kier molecular flexibility index (Phi) is 5.29. The topological polar surface area (TPSA) is 88.5 Å². The van der Waals surface area contributed by atoms with E-state index >= 15 is 0 Å². The maximum Gasteiger partial charge on any atom is 0.250 e. The van der Waals surface area contributed by atoms with Crippen LogP contribution in [0.4, 0.5) is 0 Å². The first-order valence-electron chi connectivity index (χ1n) is 6.23. The molecule has 0 bridgehead atoms. The van der Waals surface area contributed by atoms with E-state index in [9.17, 15) is 8.42 Å². The third kappa shape index (κ3) is 4.24. The number of nitrogens with zero attached hydrogens (tertiary/aromatic N) is 1. The lowest BCUT2D eigenvalue weighted by molar-refractivity contribution is 0.300. The zero-order valence-corrected chi connectivity index (χ0v) is 13.1. The average molecular weight is 328 g/mol. The number of thiophene rings is 1. The van der Waals surface area contributed by atoms with Crippen LogP contribution in [0.1, 0.15) is 10.4 Å². The Morgan fingerprint density at radius 1 is 1.38 bits per heavy atom. The van der Waals surface area contributed by atoms with Gasteiger partial charge in [-0.2, -0.15) is 0 Å². The molecule has 6 nitrogen and oxygen atoms in total. The van der Waals surface area contributed by atoms with Gasteiger partial charge in [-0.15, -0.1) is 11.3 Å². The monoisotopic (exact) mass is 328 g/mol. The Morgan fingerprint density at radius 3 is 2.90 bits per heavy atom. The molecule has 0 atom stereocenters. The number of nitrogens with one attached hydrogen (secondary N) is 1. The fourth-order valence-corrected chi connectivity index (χ4v) is 4.08. The van der Waals surface area contributed by atoms with Crippen LogP contribution in [0.5, 0.6) is 5.88 Å². The molecular weight excluding hydrogens is 312 g/mol. The van der Waals surface area contributed by atoms with E-state index in [-0.39, 0.29) is 17.4 Å². The van der Waals surface area contributed by atoms with E-state index in [1.165, 1.54) is 7.11 Å². The Balaban J connectivity index is 2.06. The van der Waals surface area contributed by atoms with Gasteiger partial charge in [-0.1, -0.05) is 0 Å². The molecule has 0 aliphatic heterocycles. The van der Waals surface area contributed by atoms with Crippen molar-refractivity contribution in [3.8, 4) is 5.88 Å². The van der Waals surface area contributed by atoms with Crippen LogP contribution in [0.2, 0.25) is 0 Å². The summed E-state index contributed by atoms with van der Waals surface area (Å²) in [5.41, 5.74) is 0.762. The number of rotatable bonds is 7. The first kappa shape index (κ1) is 15.9. The van der Waals surface area contributed by atoms with Crippen molar-refractivity contribution in [2.45, 2.75) is 17.2 Å². The highest BCUT2D eigenvalue weighted by molar-refractivity contribution is 7.91. The Labute approximate surface area is 127 Å². The van der Waals surface area contributed by atoms with Gasteiger partial charge in [0.05, 0.1) is 7.11 Å². The summed E-state index contributed by atoms with van der Waals surface area (Å²) in [7, 11) is -2.05. The van der Waals surface area contributed by atoms with Crippen LogP contribution in [-0.4, -0.2) is 32.2 Å². The second kappa shape index (κ2) is 6.99. The number of aromatic nitrogens is 1. The van der Waals surface area contributed by atoms with Crippen molar-refractivity contribution in [1.82, 2.24) is 9.71 Å². The summed E-state index contributed by atoms with van der Waals surface area (Å²) in [4.78, 5) is 4.80. The second-order valence-electron chi connectivity index (χ2n) is 4.23. The predicted octanol–water partition coefficient (Wildman–Crippen LogP) is 1.17. The smallest absolute Gasteiger partial charge is 0.250 e. The molecule has 2 aromatic rings. The van der Waals surface area contributed by atoms with Crippen molar-refractivity contribution in [3.63, 3.8) is 0 Å². The summed E-state index contributed by atoms with van der Waals surface area (Å²) >= 11 is 1.16. The van der Waals surface area contributed by atoms with Crippen LogP contribution in [0.15, 0.2) is 34.7 Å². The standard InChI is InChI=1S/C13H16N2O4S2/c1-19-12-8-10(4-6-14-12)9-15-21(17,18)13-3-2-11(20-13)5-7-16/h2-4,6,8,15-16H,5,7,9H2,1H3.